The zero-order valence-corrected chi connectivity index (χ0v) is 9.70. The predicted octanol–water partition coefficient (Wildman–Crippen LogP) is 4.40. The van der Waals surface area contributed by atoms with Crippen molar-refractivity contribution in [3.63, 3.8) is 0 Å². The Labute approximate surface area is 100 Å². The molecule has 1 aromatic carbocycles. The minimum absolute atomic E-state index is 0.614. The molecular weight excluding hydrogens is 210 g/mol. The van der Waals surface area contributed by atoms with Crippen LogP contribution in [0.15, 0.2) is 24.3 Å². The number of hydrogen-bond donors (Lipinski definition) is 1. The summed E-state index contributed by atoms with van der Waals surface area (Å²) >= 11 is 0. The van der Waals surface area contributed by atoms with Gasteiger partial charge >= 0.3 is 0 Å². The highest BCUT2D eigenvalue weighted by Crippen LogP contribution is 2.36. The molecule has 0 saturated carbocycles. The van der Waals surface area contributed by atoms with Gasteiger partial charge in [0.05, 0.1) is 13.1 Å². The van der Waals surface area contributed by atoms with Gasteiger partial charge in [0.2, 0.25) is 5.69 Å². The highest BCUT2D eigenvalue weighted by Gasteiger charge is 2.13. The minimum atomic E-state index is 0.614. The number of hydrogen-bond acceptors (Lipinski definition) is 0. The maximum atomic E-state index is 7.22. The summed E-state index contributed by atoms with van der Waals surface area (Å²) in [6.45, 7) is 18.0. The molecule has 0 aliphatic rings. The lowest BCUT2D eigenvalue weighted by Crippen LogP contribution is -1.78. The third kappa shape index (κ3) is 1.79. The van der Waals surface area contributed by atoms with Crippen LogP contribution in [0.4, 0.5) is 11.4 Å². The molecular formula is C14H11N3. The fraction of sp³-hybridized carbons (Fsp3) is 0.143. The third-order valence-corrected chi connectivity index (χ3v) is 2.74. The summed E-state index contributed by atoms with van der Waals surface area (Å²) in [6, 6.07) is 7.32. The second-order valence-electron chi connectivity index (χ2n) is 3.87. The molecule has 0 unspecified atom stereocenters. The van der Waals surface area contributed by atoms with Crippen LogP contribution in [0.1, 0.15) is 11.4 Å². The average Bonchev–Trinajstić information content (AvgIpc) is 2.63. The Bertz CT molecular complexity index is 634. The SMILES string of the molecule is [C-]#[N+]c1ccc(-c2c(C)[nH]c(C)c2[N+]#[C-])cc1. The highest BCUT2D eigenvalue weighted by atomic mass is 14.8. The van der Waals surface area contributed by atoms with E-state index in [0.29, 0.717) is 11.4 Å². The first kappa shape index (κ1) is 11.0. The molecule has 1 aromatic heterocycles. The normalized spacial score (nSPS) is 9.65. The van der Waals surface area contributed by atoms with Gasteiger partial charge in [-0.1, -0.05) is 24.3 Å². The highest BCUT2D eigenvalue weighted by molar-refractivity contribution is 5.83. The first-order chi connectivity index (χ1) is 8.17. The van der Waals surface area contributed by atoms with Gasteiger partial charge in [-0.05, 0) is 19.4 Å². The maximum Gasteiger partial charge on any atom is 0.214 e. The van der Waals surface area contributed by atoms with E-state index < -0.39 is 0 Å². The van der Waals surface area contributed by atoms with Crippen molar-refractivity contribution >= 4 is 11.4 Å². The molecule has 3 heteroatoms. The zero-order valence-electron chi connectivity index (χ0n) is 9.70. The van der Waals surface area contributed by atoms with E-state index in [9.17, 15) is 0 Å². The summed E-state index contributed by atoms with van der Waals surface area (Å²) in [4.78, 5) is 10.1. The van der Waals surface area contributed by atoms with Crippen LogP contribution < -0.4 is 0 Å². The van der Waals surface area contributed by atoms with Crippen LogP contribution >= 0.6 is 0 Å². The summed E-state index contributed by atoms with van der Waals surface area (Å²) in [7, 11) is 0. The van der Waals surface area contributed by atoms with Gasteiger partial charge in [0, 0.05) is 17.0 Å². The molecule has 2 aromatic rings. The van der Waals surface area contributed by atoms with Crippen LogP contribution in [-0.2, 0) is 0 Å². The first-order valence-corrected chi connectivity index (χ1v) is 5.22. The third-order valence-electron chi connectivity index (χ3n) is 2.74. The van der Waals surface area contributed by atoms with Crippen LogP contribution in [0.5, 0.6) is 0 Å². The fourth-order valence-corrected chi connectivity index (χ4v) is 1.96. The number of nitrogens with one attached hydrogen (secondary N) is 1. The first-order valence-electron chi connectivity index (χ1n) is 5.22. The molecule has 0 amide bonds. The number of benzene rings is 1. The Hall–Kier alpha value is -2.52. The standard InChI is InChI=1S/C14H11N3/c1-9-13(14(16-4)10(2)17-9)11-5-7-12(15-3)8-6-11/h5-8,17H,1-2H3. The number of nitrogens with zero attached hydrogens (tertiary/aromatic N) is 2. The summed E-state index contributed by atoms with van der Waals surface area (Å²) in [6.07, 6.45) is 0. The Morgan fingerprint density at radius 1 is 0.941 bits per heavy atom. The van der Waals surface area contributed by atoms with Crippen LogP contribution in [-0.4, -0.2) is 4.98 Å². The van der Waals surface area contributed by atoms with Gasteiger partial charge in [-0.3, -0.25) is 0 Å². The maximum absolute atomic E-state index is 7.22. The van der Waals surface area contributed by atoms with E-state index in [-0.39, 0.29) is 0 Å². The van der Waals surface area contributed by atoms with Crippen molar-refractivity contribution in [1.82, 2.24) is 4.98 Å². The molecule has 0 aliphatic heterocycles. The lowest BCUT2D eigenvalue weighted by atomic mass is 10.0. The minimum Gasteiger partial charge on any atom is -0.373 e. The molecule has 0 radical (unpaired) electrons. The van der Waals surface area contributed by atoms with Crippen LogP contribution in [0.3, 0.4) is 0 Å². The second-order valence-corrected chi connectivity index (χ2v) is 3.87. The van der Waals surface area contributed by atoms with Gasteiger partial charge in [-0.25, -0.2) is 9.69 Å². The fourth-order valence-electron chi connectivity index (χ4n) is 1.96. The molecule has 17 heavy (non-hydrogen) atoms. The average molecular weight is 221 g/mol. The quantitative estimate of drug-likeness (QED) is 0.690. The van der Waals surface area contributed by atoms with E-state index in [4.69, 9.17) is 13.1 Å². The molecule has 0 spiro atoms. The Morgan fingerprint density at radius 3 is 2.12 bits per heavy atom. The van der Waals surface area contributed by atoms with Crippen LogP contribution in [0.2, 0.25) is 0 Å². The van der Waals surface area contributed by atoms with Gasteiger partial charge in [0.25, 0.3) is 0 Å². The van der Waals surface area contributed by atoms with Crippen molar-refractivity contribution in [2.75, 3.05) is 0 Å². The topological polar surface area (TPSA) is 24.5 Å². The number of aromatic amines is 1. The summed E-state index contributed by atoms with van der Waals surface area (Å²) in [5, 5.41) is 0. The van der Waals surface area contributed by atoms with E-state index in [1.165, 1.54) is 0 Å². The summed E-state index contributed by atoms with van der Waals surface area (Å²) in [5.74, 6) is 0. The van der Waals surface area contributed by atoms with Crippen LogP contribution in [0, 0.1) is 27.0 Å². The summed E-state index contributed by atoms with van der Waals surface area (Å²) in [5.41, 5.74) is 5.08. The van der Waals surface area contributed by atoms with Crippen molar-refractivity contribution in [2.24, 2.45) is 0 Å². The van der Waals surface area contributed by atoms with E-state index in [0.717, 1.165) is 22.5 Å². The van der Waals surface area contributed by atoms with Crippen molar-refractivity contribution in [3.05, 3.63) is 58.5 Å². The number of rotatable bonds is 1. The van der Waals surface area contributed by atoms with Crippen LogP contribution in [0.25, 0.3) is 20.8 Å². The van der Waals surface area contributed by atoms with Crippen molar-refractivity contribution < 1.29 is 0 Å². The smallest absolute Gasteiger partial charge is 0.214 e. The molecule has 0 aliphatic carbocycles. The molecule has 2 rings (SSSR count). The second kappa shape index (κ2) is 4.15. The lowest BCUT2D eigenvalue weighted by Gasteiger charge is -2.02. The number of H-pyrrole nitrogens is 1. The molecule has 1 N–H and O–H groups in total. The van der Waals surface area contributed by atoms with Crippen molar-refractivity contribution in [2.45, 2.75) is 13.8 Å². The van der Waals surface area contributed by atoms with E-state index in [1.807, 2.05) is 26.0 Å². The molecule has 82 valence electrons. The molecule has 0 bridgehead atoms. The molecule has 0 fully saturated rings. The van der Waals surface area contributed by atoms with Gasteiger partial charge in [-0.2, -0.15) is 0 Å². The zero-order chi connectivity index (χ0) is 12.4. The lowest BCUT2D eigenvalue weighted by molar-refractivity contribution is 1.19. The molecule has 1 heterocycles. The molecule has 3 nitrogen and oxygen atoms in total. The van der Waals surface area contributed by atoms with Crippen molar-refractivity contribution in [1.29, 1.82) is 0 Å². The largest absolute Gasteiger partial charge is 0.373 e. The Balaban J connectivity index is 2.61. The van der Waals surface area contributed by atoms with Gasteiger partial charge < -0.3 is 4.98 Å². The predicted molar refractivity (Wildman–Crippen MR) is 68.2 cm³/mol. The Morgan fingerprint density at radius 2 is 1.59 bits per heavy atom. The number of aromatic nitrogens is 1. The van der Waals surface area contributed by atoms with E-state index in [2.05, 4.69) is 14.7 Å². The van der Waals surface area contributed by atoms with Crippen molar-refractivity contribution in [3.8, 4) is 11.1 Å². The Kier molecular flexibility index (Phi) is 2.68. The monoisotopic (exact) mass is 221 g/mol. The molecule has 0 atom stereocenters. The molecule has 0 saturated heterocycles. The summed E-state index contributed by atoms with van der Waals surface area (Å²) < 4.78 is 0. The van der Waals surface area contributed by atoms with E-state index in [1.54, 1.807) is 12.1 Å². The van der Waals surface area contributed by atoms with Gasteiger partial charge in [-0.15, -0.1) is 0 Å². The number of aryl methyl sites for hydroxylation is 2. The van der Waals surface area contributed by atoms with Gasteiger partial charge in [0.15, 0.2) is 5.69 Å². The van der Waals surface area contributed by atoms with Gasteiger partial charge in [0.1, 0.15) is 0 Å². The van der Waals surface area contributed by atoms with E-state index >= 15 is 0 Å².